The first-order valence-electron chi connectivity index (χ1n) is 8.10. The van der Waals surface area contributed by atoms with Crippen molar-refractivity contribution in [3.05, 3.63) is 36.5 Å². The van der Waals surface area contributed by atoms with E-state index in [9.17, 15) is 0 Å². The van der Waals surface area contributed by atoms with Gasteiger partial charge in [0.2, 0.25) is 0 Å². The van der Waals surface area contributed by atoms with Gasteiger partial charge in [0.05, 0.1) is 0 Å². The van der Waals surface area contributed by atoms with Gasteiger partial charge in [0, 0.05) is 5.54 Å². The van der Waals surface area contributed by atoms with E-state index in [1.807, 2.05) is 6.08 Å². The number of hydrogen-bond acceptors (Lipinski definition) is 1. The van der Waals surface area contributed by atoms with Gasteiger partial charge in [-0.25, -0.2) is 0 Å². The number of unbranched alkanes of at least 4 members (excludes halogenated alkanes) is 2. The Morgan fingerprint density at radius 2 is 1.95 bits per heavy atom. The summed E-state index contributed by atoms with van der Waals surface area (Å²) in [5.41, 5.74) is 2.89. The van der Waals surface area contributed by atoms with Crippen LogP contribution in [0.3, 0.4) is 0 Å². The summed E-state index contributed by atoms with van der Waals surface area (Å²) < 4.78 is 0. The first kappa shape index (κ1) is 19.2. The topological polar surface area (TPSA) is 12.0 Å². The van der Waals surface area contributed by atoms with Crippen LogP contribution in [0, 0.1) is 5.92 Å². The lowest BCUT2D eigenvalue weighted by atomic mass is 9.74. The predicted molar refractivity (Wildman–Crippen MR) is 93.1 cm³/mol. The summed E-state index contributed by atoms with van der Waals surface area (Å²) >= 11 is 0. The molecule has 2 atom stereocenters. The molecular formula is C19H35N. The molecule has 0 aliphatic rings. The lowest BCUT2D eigenvalue weighted by Gasteiger charge is -2.39. The Hall–Kier alpha value is -0.820. The van der Waals surface area contributed by atoms with Crippen LogP contribution in [0.2, 0.25) is 0 Å². The van der Waals surface area contributed by atoms with Crippen LogP contribution in [-0.4, -0.2) is 12.6 Å². The molecule has 0 heterocycles. The molecule has 0 aromatic carbocycles. The summed E-state index contributed by atoms with van der Waals surface area (Å²) in [5, 5.41) is 3.55. The van der Waals surface area contributed by atoms with E-state index < -0.39 is 0 Å². The molecule has 0 radical (unpaired) electrons. The van der Waals surface area contributed by atoms with Gasteiger partial charge in [0.15, 0.2) is 0 Å². The second-order valence-corrected chi connectivity index (χ2v) is 5.93. The molecule has 116 valence electrons. The molecule has 0 aromatic rings. The minimum absolute atomic E-state index is 0.0281. The fourth-order valence-corrected chi connectivity index (χ4v) is 2.89. The van der Waals surface area contributed by atoms with Gasteiger partial charge in [0.1, 0.15) is 0 Å². The minimum atomic E-state index is 0.0281. The summed E-state index contributed by atoms with van der Waals surface area (Å²) in [6.45, 7) is 17.2. The molecule has 0 bridgehead atoms. The van der Waals surface area contributed by atoms with Gasteiger partial charge < -0.3 is 5.32 Å². The molecule has 0 aromatic heterocycles. The fraction of sp³-hybridized carbons (Fsp3) is 0.684. The Morgan fingerprint density at radius 3 is 2.40 bits per heavy atom. The van der Waals surface area contributed by atoms with E-state index in [1.54, 1.807) is 0 Å². The van der Waals surface area contributed by atoms with Crippen LogP contribution < -0.4 is 5.32 Å². The fourth-order valence-electron chi connectivity index (χ4n) is 2.89. The quantitative estimate of drug-likeness (QED) is 0.380. The van der Waals surface area contributed by atoms with Crippen molar-refractivity contribution in [1.29, 1.82) is 0 Å². The highest BCUT2D eigenvalue weighted by molar-refractivity contribution is 5.25. The molecule has 2 unspecified atom stereocenters. The zero-order chi connectivity index (χ0) is 15.6. The Kier molecular flexibility index (Phi) is 9.58. The van der Waals surface area contributed by atoms with E-state index in [-0.39, 0.29) is 5.54 Å². The molecule has 0 aliphatic carbocycles. The summed E-state index contributed by atoms with van der Waals surface area (Å²) in [6.07, 6.45) is 11.3. The lowest BCUT2D eigenvalue weighted by Crippen LogP contribution is -2.48. The summed E-state index contributed by atoms with van der Waals surface area (Å²) in [7, 11) is 2.07. The van der Waals surface area contributed by atoms with Gasteiger partial charge in [-0.15, -0.1) is 6.58 Å². The van der Waals surface area contributed by atoms with Gasteiger partial charge in [-0.2, -0.15) is 0 Å². The first-order chi connectivity index (χ1) is 9.47. The average molecular weight is 277 g/mol. The lowest BCUT2D eigenvalue weighted by molar-refractivity contribution is 0.332. The highest BCUT2D eigenvalue weighted by Gasteiger charge is 2.33. The standard InChI is InChI=1S/C19H35N/c1-8-11-12-13-15-16(4)17(5)19(6,20-7)18(10-3)14-9-2/h8,10,17,20H,1,4,9,11-15H2,2-3,5-7H3. The molecule has 0 spiro atoms. The van der Waals surface area contributed by atoms with Crippen molar-refractivity contribution in [2.45, 2.75) is 71.8 Å². The maximum atomic E-state index is 4.35. The average Bonchev–Trinajstić information content (AvgIpc) is 2.47. The molecule has 0 aliphatic heterocycles. The van der Waals surface area contributed by atoms with E-state index in [2.05, 4.69) is 59.3 Å². The molecule has 0 fully saturated rings. The van der Waals surface area contributed by atoms with Crippen molar-refractivity contribution < 1.29 is 0 Å². The third-order valence-electron chi connectivity index (χ3n) is 4.69. The molecular weight excluding hydrogens is 242 g/mol. The molecule has 0 saturated heterocycles. The Morgan fingerprint density at radius 1 is 1.30 bits per heavy atom. The zero-order valence-electron chi connectivity index (χ0n) is 14.4. The maximum absolute atomic E-state index is 4.35. The third kappa shape index (κ3) is 5.28. The van der Waals surface area contributed by atoms with Crippen molar-refractivity contribution in [1.82, 2.24) is 5.32 Å². The first-order valence-corrected chi connectivity index (χ1v) is 8.10. The molecule has 0 saturated carbocycles. The second-order valence-electron chi connectivity index (χ2n) is 5.93. The highest BCUT2D eigenvalue weighted by atomic mass is 14.9. The van der Waals surface area contributed by atoms with Gasteiger partial charge >= 0.3 is 0 Å². The maximum Gasteiger partial charge on any atom is 0.0426 e. The largest absolute Gasteiger partial charge is 0.310 e. The number of likely N-dealkylation sites (N-methyl/N-ethyl adjacent to an activating group) is 1. The number of nitrogens with one attached hydrogen (secondary N) is 1. The van der Waals surface area contributed by atoms with Crippen molar-refractivity contribution in [2.24, 2.45) is 5.92 Å². The molecule has 20 heavy (non-hydrogen) atoms. The van der Waals surface area contributed by atoms with Crippen molar-refractivity contribution in [2.75, 3.05) is 7.05 Å². The number of allylic oxidation sites excluding steroid dienone is 2. The van der Waals surface area contributed by atoms with E-state index in [0.29, 0.717) is 5.92 Å². The highest BCUT2D eigenvalue weighted by Crippen LogP contribution is 2.34. The molecule has 1 heteroatoms. The van der Waals surface area contributed by atoms with Gasteiger partial charge in [-0.1, -0.05) is 50.1 Å². The van der Waals surface area contributed by atoms with E-state index in [0.717, 1.165) is 19.3 Å². The van der Waals surface area contributed by atoms with Crippen molar-refractivity contribution in [3.63, 3.8) is 0 Å². The van der Waals surface area contributed by atoms with Crippen LogP contribution in [0.5, 0.6) is 0 Å². The normalized spacial score (nSPS) is 16.6. The molecule has 1 nitrogen and oxygen atoms in total. The van der Waals surface area contributed by atoms with E-state index >= 15 is 0 Å². The monoisotopic (exact) mass is 277 g/mol. The molecule has 0 amide bonds. The third-order valence-corrected chi connectivity index (χ3v) is 4.69. The van der Waals surface area contributed by atoms with Crippen LogP contribution >= 0.6 is 0 Å². The SMILES string of the molecule is C=CCCCCC(=C)C(C)C(C)(NC)C(=CC)CCC. The Bertz CT molecular complexity index is 327. The van der Waals surface area contributed by atoms with Crippen molar-refractivity contribution >= 4 is 0 Å². The second kappa shape index (κ2) is 9.99. The summed E-state index contributed by atoms with van der Waals surface area (Å²) in [4.78, 5) is 0. The van der Waals surface area contributed by atoms with E-state index in [1.165, 1.54) is 30.4 Å². The smallest absolute Gasteiger partial charge is 0.0426 e. The van der Waals surface area contributed by atoms with Crippen molar-refractivity contribution in [3.8, 4) is 0 Å². The minimum Gasteiger partial charge on any atom is -0.310 e. The van der Waals surface area contributed by atoms with Crippen LogP contribution in [0.15, 0.2) is 36.5 Å². The van der Waals surface area contributed by atoms with E-state index in [4.69, 9.17) is 0 Å². The van der Waals surface area contributed by atoms with Crippen LogP contribution in [0.25, 0.3) is 0 Å². The van der Waals surface area contributed by atoms with Crippen LogP contribution in [0.4, 0.5) is 0 Å². The molecule has 0 rings (SSSR count). The Balaban J connectivity index is 4.77. The predicted octanol–water partition coefficient (Wildman–Crippen LogP) is 5.65. The van der Waals surface area contributed by atoms with Gasteiger partial charge in [-0.3, -0.25) is 0 Å². The molecule has 1 N–H and O–H groups in total. The number of hydrogen-bond donors (Lipinski definition) is 1. The van der Waals surface area contributed by atoms with Crippen LogP contribution in [0.1, 0.15) is 66.2 Å². The van der Waals surface area contributed by atoms with Gasteiger partial charge in [0.25, 0.3) is 0 Å². The number of rotatable bonds is 11. The summed E-state index contributed by atoms with van der Waals surface area (Å²) in [5.74, 6) is 0.453. The van der Waals surface area contributed by atoms with Crippen LogP contribution in [-0.2, 0) is 0 Å². The van der Waals surface area contributed by atoms with Gasteiger partial charge in [-0.05, 0) is 58.9 Å². The zero-order valence-corrected chi connectivity index (χ0v) is 14.4. The Labute approximate surface area is 127 Å². The summed E-state index contributed by atoms with van der Waals surface area (Å²) in [6, 6.07) is 0.